The molecule has 0 aromatic rings. The third-order valence-electron chi connectivity index (χ3n) is 0.103. The smallest absolute Gasteiger partial charge is 0.229 e. The van der Waals surface area contributed by atoms with Crippen molar-refractivity contribution in [1.82, 2.24) is 0 Å². The Morgan fingerprint density at radius 2 is 1.80 bits per heavy atom. The third-order valence-corrected chi connectivity index (χ3v) is 0.103. The summed E-state index contributed by atoms with van der Waals surface area (Å²) >= 11 is 0. The van der Waals surface area contributed by atoms with Gasteiger partial charge in [0.15, 0.2) is 5.22 Å². The number of hydrogen-bond donors (Lipinski definition) is 3. The molecule has 0 atom stereocenters. The maximum absolute atomic E-state index is 7.46. The molecule has 0 saturated carbocycles. The standard InChI is InChI=1S/H3N3O2/c1-2-3(4)5/h1,4-5H/p+1. The highest BCUT2D eigenvalue weighted by molar-refractivity contribution is 3.46. The Bertz CT molecular complexity index is 42.9. The van der Waals surface area contributed by atoms with Gasteiger partial charge in [-0.2, -0.15) is 5.84 Å². The van der Waals surface area contributed by atoms with Crippen LogP contribution in [0.15, 0.2) is 5.22 Å². The fourth-order valence-corrected chi connectivity index (χ4v) is 0. The molecule has 0 rings (SSSR count). The normalized spacial score (nSPS) is 6.40. The Morgan fingerprint density at radius 3 is 1.80 bits per heavy atom. The zero-order valence-corrected chi connectivity index (χ0v) is 2.37. The highest BCUT2D eigenvalue weighted by Crippen LogP contribution is 1.43. The van der Waals surface area contributed by atoms with E-state index >= 15 is 0 Å². The summed E-state index contributed by atoms with van der Waals surface area (Å²) in [6, 6.07) is 0. The highest BCUT2D eigenvalue weighted by atomic mass is 16.8. The Balaban J connectivity index is 3.14. The molecule has 0 aromatic carbocycles. The van der Waals surface area contributed by atoms with Gasteiger partial charge in [0, 0.05) is 0 Å². The molecular formula is H4N3O2+. The van der Waals surface area contributed by atoms with Crippen molar-refractivity contribution in [2.24, 2.45) is 11.1 Å². The van der Waals surface area contributed by atoms with E-state index in [9.17, 15) is 0 Å². The van der Waals surface area contributed by atoms with Gasteiger partial charge in [-0.25, -0.2) is 0 Å². The molecule has 0 aromatic heterocycles. The second-order valence-electron chi connectivity index (χ2n) is 0.384. The average Bonchev–Trinajstić information content (AvgIpc) is 1.38. The number of rotatable bonds is 0. The predicted molar refractivity (Wildman–Crippen MR) is 10.4 cm³/mol. The molecule has 0 radical (unpaired) electrons. The van der Waals surface area contributed by atoms with Gasteiger partial charge in [-0.05, 0) is 0 Å². The lowest BCUT2D eigenvalue weighted by Gasteiger charge is -1.67. The largest absolute Gasteiger partial charge is 0.298 e. The molecule has 0 saturated heterocycles. The molecule has 0 heterocycles. The quantitative estimate of drug-likeness (QED) is 0.199. The molecule has 0 unspecified atom stereocenters. The van der Waals surface area contributed by atoms with Crippen molar-refractivity contribution < 1.29 is 15.4 Å². The van der Waals surface area contributed by atoms with Gasteiger partial charge in [0.25, 0.3) is 0 Å². The van der Waals surface area contributed by atoms with Crippen LogP contribution in [0.1, 0.15) is 0 Å². The molecule has 0 spiro atoms. The highest BCUT2D eigenvalue weighted by Gasteiger charge is 1.71. The zero-order chi connectivity index (χ0) is 4.28. The first-order valence-electron chi connectivity index (χ1n) is 0.858. The van der Waals surface area contributed by atoms with Crippen molar-refractivity contribution in [2.45, 2.75) is 0 Å². The van der Waals surface area contributed by atoms with Gasteiger partial charge in [-0.3, -0.25) is 10.4 Å². The van der Waals surface area contributed by atoms with E-state index in [1.54, 1.807) is 0 Å². The number of nitrogens with zero attached hydrogens (tertiary/aromatic N) is 2. The molecule has 5 heteroatoms. The minimum absolute atomic E-state index is 0.472. The summed E-state index contributed by atoms with van der Waals surface area (Å²) in [6.45, 7) is 0. The van der Waals surface area contributed by atoms with Gasteiger partial charge in [0.1, 0.15) is 0 Å². The molecule has 0 fully saturated rings. The van der Waals surface area contributed by atoms with Crippen molar-refractivity contribution in [3.63, 3.8) is 0 Å². The van der Waals surface area contributed by atoms with Crippen LogP contribution in [0.2, 0.25) is 0 Å². The topological polar surface area (TPSA) is 81.8 Å². The van der Waals surface area contributed by atoms with Crippen LogP contribution in [0.25, 0.3) is 0 Å². The molecule has 0 aliphatic rings. The first-order chi connectivity index (χ1) is 2.27. The number of nitrogens with two attached hydrogens (primary N) is 1. The van der Waals surface area contributed by atoms with Crippen molar-refractivity contribution in [3.8, 4) is 0 Å². The number of hydrogen-bond acceptors (Lipinski definition) is 1. The molecule has 0 aliphatic heterocycles. The second-order valence-corrected chi connectivity index (χ2v) is 0.384. The second kappa shape index (κ2) is 1.33. The van der Waals surface area contributed by atoms with Gasteiger partial charge in [-0.15, -0.1) is 0 Å². The molecule has 0 amide bonds. The first-order valence-corrected chi connectivity index (χ1v) is 0.858. The van der Waals surface area contributed by atoms with Crippen molar-refractivity contribution >= 4 is 0 Å². The van der Waals surface area contributed by atoms with Crippen LogP contribution in [0.3, 0.4) is 0 Å². The van der Waals surface area contributed by atoms with Crippen LogP contribution in [0.4, 0.5) is 0 Å². The van der Waals surface area contributed by atoms with Crippen molar-refractivity contribution in [3.05, 3.63) is 0 Å². The average molecular weight is 78.1 g/mol. The minimum atomic E-state index is -0.472. The Labute approximate surface area is 27.8 Å². The molecule has 5 nitrogen and oxygen atoms in total. The van der Waals surface area contributed by atoms with Gasteiger partial charge in [0.2, 0.25) is 5.02 Å². The maximum atomic E-state index is 7.46. The van der Waals surface area contributed by atoms with E-state index in [2.05, 4.69) is 11.1 Å². The van der Waals surface area contributed by atoms with Crippen LogP contribution in [0.5, 0.6) is 0 Å². The summed E-state index contributed by atoms with van der Waals surface area (Å²) in [6.07, 6.45) is 0. The monoisotopic (exact) mass is 78.0 g/mol. The van der Waals surface area contributed by atoms with Crippen LogP contribution < -0.4 is 5.84 Å². The predicted octanol–water partition coefficient (Wildman–Crippen LogP) is -0.897. The van der Waals surface area contributed by atoms with Crippen molar-refractivity contribution in [2.75, 3.05) is 0 Å². The molecule has 4 N–H and O–H groups in total. The van der Waals surface area contributed by atoms with E-state index in [4.69, 9.17) is 10.4 Å². The summed E-state index contributed by atoms with van der Waals surface area (Å²) in [5.41, 5.74) is 0. The summed E-state index contributed by atoms with van der Waals surface area (Å²) in [4.78, 5) is 0. The lowest BCUT2D eigenvalue weighted by atomic mass is 12.6. The summed E-state index contributed by atoms with van der Waals surface area (Å²) < 4.78 is 0. The maximum Gasteiger partial charge on any atom is 0.229 e. The summed E-state index contributed by atoms with van der Waals surface area (Å²) in [5, 5.41) is 16.8. The summed E-state index contributed by atoms with van der Waals surface area (Å²) in [7, 11) is 0. The molecular weight excluding hydrogens is 74.0 g/mol. The van der Waals surface area contributed by atoms with E-state index in [1.165, 1.54) is 0 Å². The zero-order valence-electron chi connectivity index (χ0n) is 2.37. The van der Waals surface area contributed by atoms with E-state index in [1.807, 2.05) is 0 Å². The van der Waals surface area contributed by atoms with Gasteiger partial charge < -0.3 is 0 Å². The third kappa shape index (κ3) is 3.00. The minimum Gasteiger partial charge on any atom is -0.298 e. The fourth-order valence-electron chi connectivity index (χ4n) is 0. The molecule has 5 heavy (non-hydrogen) atoms. The van der Waals surface area contributed by atoms with Crippen LogP contribution in [-0.4, -0.2) is 15.4 Å². The lowest BCUT2D eigenvalue weighted by Crippen LogP contribution is -1.97. The van der Waals surface area contributed by atoms with E-state index in [0.29, 0.717) is 0 Å². The lowest BCUT2D eigenvalue weighted by molar-refractivity contribution is -0.997. The molecule has 30 valence electrons. The SMILES string of the molecule is NN=[N+](O)O. The van der Waals surface area contributed by atoms with Crippen LogP contribution in [0, 0.1) is 0 Å². The Kier molecular flexibility index (Phi) is 1.07. The van der Waals surface area contributed by atoms with Gasteiger partial charge in [0.05, 0.1) is 0 Å². The van der Waals surface area contributed by atoms with E-state index in [0.717, 1.165) is 0 Å². The molecule has 0 aliphatic carbocycles. The Hall–Kier alpha value is -1.00. The van der Waals surface area contributed by atoms with Gasteiger partial charge in [-0.1, -0.05) is 0 Å². The summed E-state index contributed by atoms with van der Waals surface area (Å²) in [5.74, 6) is 4.22. The molecule has 0 bridgehead atoms. The van der Waals surface area contributed by atoms with Crippen LogP contribution in [-0.2, 0) is 0 Å². The van der Waals surface area contributed by atoms with E-state index < -0.39 is 5.02 Å². The van der Waals surface area contributed by atoms with Crippen molar-refractivity contribution in [1.29, 1.82) is 0 Å². The first kappa shape index (κ1) is 4.00. The Morgan fingerprint density at radius 1 is 1.60 bits per heavy atom. The van der Waals surface area contributed by atoms with Gasteiger partial charge >= 0.3 is 0 Å². The van der Waals surface area contributed by atoms with Crippen LogP contribution >= 0.6 is 0 Å². The fraction of sp³-hybridized carbons (Fsp3) is 0. The van der Waals surface area contributed by atoms with E-state index in [-0.39, 0.29) is 0 Å².